The molecule has 2 bridgehead atoms. The zero-order valence-electron chi connectivity index (χ0n) is 15.1. The van der Waals surface area contributed by atoms with Crippen molar-refractivity contribution in [3.63, 3.8) is 0 Å². The average Bonchev–Trinajstić information content (AvgIpc) is 3.34. The van der Waals surface area contributed by atoms with E-state index in [-0.39, 0.29) is 12.7 Å². The summed E-state index contributed by atoms with van der Waals surface area (Å²) in [4.78, 5) is 11.5. The Morgan fingerprint density at radius 3 is 2.93 bits per heavy atom. The number of rotatable bonds is 6. The fraction of sp³-hybridized carbons (Fsp3) is 0.474. The number of oxazole rings is 1. The number of aliphatic hydroxyl groups excluding tert-OH is 1. The lowest BCUT2D eigenvalue weighted by Gasteiger charge is -2.47. The molecule has 0 saturated carbocycles. The van der Waals surface area contributed by atoms with Gasteiger partial charge in [-0.05, 0) is 19.4 Å². The number of anilines is 1. The van der Waals surface area contributed by atoms with Crippen molar-refractivity contribution in [1.82, 2.24) is 15.3 Å². The number of benzene rings is 1. The normalized spacial score (nSPS) is 22.8. The molecule has 3 unspecified atom stereocenters. The lowest BCUT2D eigenvalue weighted by Crippen LogP contribution is -2.67. The molecule has 1 aromatic carbocycles. The highest BCUT2D eigenvalue weighted by Crippen LogP contribution is 2.38. The van der Waals surface area contributed by atoms with Gasteiger partial charge in [0.1, 0.15) is 10.5 Å². The van der Waals surface area contributed by atoms with E-state index in [4.69, 9.17) is 19.2 Å². The maximum Gasteiger partial charge on any atom is 0.298 e. The van der Waals surface area contributed by atoms with E-state index in [9.17, 15) is 0 Å². The summed E-state index contributed by atoms with van der Waals surface area (Å²) < 4.78 is 12.0. The third kappa shape index (κ3) is 3.02. The zero-order chi connectivity index (χ0) is 18.4. The summed E-state index contributed by atoms with van der Waals surface area (Å²) in [5, 5.41) is 15.5. The topological polar surface area (TPSA) is 83.7 Å². The highest BCUT2D eigenvalue weighted by atomic mass is 32.1. The minimum Gasteiger partial charge on any atom is -0.423 e. The van der Waals surface area contributed by atoms with Crippen molar-refractivity contribution < 1.29 is 14.3 Å². The van der Waals surface area contributed by atoms with Gasteiger partial charge < -0.3 is 24.5 Å². The van der Waals surface area contributed by atoms with Gasteiger partial charge in [-0.25, -0.2) is 4.98 Å². The van der Waals surface area contributed by atoms with Gasteiger partial charge in [0.25, 0.3) is 6.01 Å². The number of hydrogen-bond acceptors (Lipinski definition) is 8. The molecule has 3 aliphatic heterocycles. The summed E-state index contributed by atoms with van der Waals surface area (Å²) >= 11 is 1.58. The van der Waals surface area contributed by atoms with Crippen molar-refractivity contribution in [1.29, 1.82) is 0 Å². The summed E-state index contributed by atoms with van der Waals surface area (Å²) in [5.41, 5.74) is 3.49. The van der Waals surface area contributed by atoms with Crippen molar-refractivity contribution in [2.45, 2.75) is 31.5 Å². The van der Waals surface area contributed by atoms with Crippen LogP contribution in [0.2, 0.25) is 0 Å². The monoisotopic (exact) mass is 386 g/mol. The molecule has 3 fully saturated rings. The second kappa shape index (κ2) is 6.87. The van der Waals surface area contributed by atoms with Gasteiger partial charge in [-0.2, -0.15) is 4.98 Å². The van der Waals surface area contributed by atoms with Gasteiger partial charge in [-0.1, -0.05) is 6.07 Å². The summed E-state index contributed by atoms with van der Waals surface area (Å²) in [7, 11) is 0. The van der Waals surface area contributed by atoms with Crippen LogP contribution >= 0.6 is 11.3 Å². The molecule has 2 N–H and O–H groups in total. The maximum atomic E-state index is 9.07. The first-order chi connectivity index (χ1) is 13.2. The Balaban J connectivity index is 1.58. The van der Waals surface area contributed by atoms with Crippen LogP contribution in [0.4, 0.5) is 6.01 Å². The van der Waals surface area contributed by atoms with Crippen LogP contribution in [0.1, 0.15) is 25.0 Å². The predicted molar refractivity (Wildman–Crippen MR) is 104 cm³/mol. The van der Waals surface area contributed by atoms with Crippen molar-refractivity contribution in [3.8, 4) is 10.6 Å². The van der Waals surface area contributed by atoms with Gasteiger partial charge in [0.15, 0.2) is 5.58 Å². The Bertz CT molecular complexity index is 926. The Kier molecular flexibility index (Phi) is 4.35. The largest absolute Gasteiger partial charge is 0.423 e. The second-order valence-electron chi connectivity index (χ2n) is 7.15. The highest BCUT2D eigenvalue weighted by Gasteiger charge is 2.38. The molecule has 27 heavy (non-hydrogen) atoms. The minimum absolute atomic E-state index is 0.00168. The lowest BCUT2D eigenvalue weighted by atomic mass is 9.92. The standard InChI is InChI=1S/C19H22N4O3S/c1-11(25-6-5-24)14-2-3-15(18-20-4-7-27-18)17-16(14)22-19(26-17)23-9-12-8-13(10-23)21-12/h2-4,7,11-13,21,24H,5-6,8-10H2,1H3. The predicted octanol–water partition coefficient (Wildman–Crippen LogP) is 2.57. The van der Waals surface area contributed by atoms with E-state index in [1.54, 1.807) is 17.5 Å². The molecule has 142 valence electrons. The van der Waals surface area contributed by atoms with Gasteiger partial charge in [-0.15, -0.1) is 11.3 Å². The Labute approximate surface area is 161 Å². The molecular weight excluding hydrogens is 364 g/mol. The molecule has 7 nitrogen and oxygen atoms in total. The van der Waals surface area contributed by atoms with Gasteiger partial charge >= 0.3 is 0 Å². The summed E-state index contributed by atoms with van der Waals surface area (Å²) in [6.45, 7) is 4.10. The lowest BCUT2D eigenvalue weighted by molar-refractivity contribution is 0.0392. The molecule has 2 aromatic heterocycles. The van der Waals surface area contributed by atoms with E-state index in [1.807, 2.05) is 24.4 Å². The van der Waals surface area contributed by atoms with Crippen molar-refractivity contribution >= 4 is 28.5 Å². The second-order valence-corrected chi connectivity index (χ2v) is 8.05. The van der Waals surface area contributed by atoms with Crippen LogP contribution < -0.4 is 10.2 Å². The van der Waals surface area contributed by atoms with Gasteiger partial charge in [0.05, 0.1) is 24.9 Å². The van der Waals surface area contributed by atoms with E-state index in [0.29, 0.717) is 24.7 Å². The fourth-order valence-corrected chi connectivity index (χ4v) is 4.65. The van der Waals surface area contributed by atoms with Crippen LogP contribution in [0, 0.1) is 0 Å². The molecule has 3 saturated heterocycles. The molecule has 0 aliphatic carbocycles. The van der Waals surface area contributed by atoms with Crippen LogP contribution in [0.15, 0.2) is 28.1 Å². The number of nitrogens with zero attached hydrogens (tertiary/aromatic N) is 3. The first-order valence-corrected chi connectivity index (χ1v) is 10.2. The molecule has 5 heterocycles. The summed E-state index contributed by atoms with van der Waals surface area (Å²) in [5.74, 6) is 0. The molecule has 0 amide bonds. The fourth-order valence-electron chi connectivity index (χ4n) is 3.99. The number of hydrogen-bond donors (Lipinski definition) is 2. The minimum atomic E-state index is -0.181. The van der Waals surface area contributed by atoms with Crippen molar-refractivity contribution in [3.05, 3.63) is 29.3 Å². The Morgan fingerprint density at radius 1 is 1.41 bits per heavy atom. The number of aliphatic hydroxyl groups is 1. The number of aromatic nitrogens is 2. The zero-order valence-corrected chi connectivity index (χ0v) is 15.9. The third-order valence-corrected chi connectivity index (χ3v) is 6.12. The molecule has 3 aliphatic rings. The van der Waals surface area contributed by atoms with E-state index in [1.165, 1.54) is 6.42 Å². The van der Waals surface area contributed by atoms with Crippen LogP contribution in [0.3, 0.4) is 0 Å². The van der Waals surface area contributed by atoms with E-state index in [0.717, 1.165) is 40.3 Å². The smallest absolute Gasteiger partial charge is 0.298 e. The van der Waals surface area contributed by atoms with Crippen LogP contribution in [0.25, 0.3) is 21.7 Å². The molecule has 3 aromatic rings. The first-order valence-electron chi connectivity index (χ1n) is 9.29. The van der Waals surface area contributed by atoms with Crippen LogP contribution in [-0.2, 0) is 4.74 Å². The maximum absolute atomic E-state index is 9.07. The summed E-state index contributed by atoms with van der Waals surface area (Å²) in [6, 6.07) is 5.79. The molecule has 6 rings (SSSR count). The Morgan fingerprint density at radius 2 is 2.22 bits per heavy atom. The average molecular weight is 386 g/mol. The van der Waals surface area contributed by atoms with Crippen LogP contribution in [-0.4, -0.2) is 53.5 Å². The SMILES string of the molecule is CC(OCCO)c1ccc(-c2nccs2)c2oc(N3CC4CC(C3)N4)nc12. The first kappa shape index (κ1) is 17.1. The van der Waals surface area contributed by atoms with Gasteiger partial charge in [0.2, 0.25) is 0 Å². The van der Waals surface area contributed by atoms with Crippen molar-refractivity contribution in [2.75, 3.05) is 31.2 Å². The molecular formula is C19H22N4O3S. The van der Waals surface area contributed by atoms with Gasteiger partial charge in [0, 0.05) is 42.3 Å². The molecule has 0 spiro atoms. The molecule has 3 atom stereocenters. The quantitative estimate of drug-likeness (QED) is 0.674. The third-order valence-electron chi connectivity index (χ3n) is 5.32. The van der Waals surface area contributed by atoms with E-state index >= 15 is 0 Å². The number of piperidine rings is 1. The van der Waals surface area contributed by atoms with Gasteiger partial charge in [-0.3, -0.25) is 0 Å². The number of nitrogens with one attached hydrogen (secondary N) is 1. The summed E-state index contributed by atoms with van der Waals surface area (Å²) in [6.07, 6.45) is 2.85. The van der Waals surface area contributed by atoms with E-state index in [2.05, 4.69) is 15.2 Å². The molecule has 0 radical (unpaired) electrons. The van der Waals surface area contributed by atoms with Crippen LogP contribution in [0.5, 0.6) is 0 Å². The Hall–Kier alpha value is -2.00. The number of thiazole rings is 1. The number of fused-ring (bicyclic) bond motifs is 3. The molecule has 8 heteroatoms. The number of piperazine rings is 1. The number of ether oxygens (including phenoxy) is 1. The van der Waals surface area contributed by atoms with E-state index < -0.39 is 0 Å². The van der Waals surface area contributed by atoms with Crippen molar-refractivity contribution in [2.24, 2.45) is 0 Å². The highest BCUT2D eigenvalue weighted by molar-refractivity contribution is 7.13.